The molecule has 5 rings (SSSR count). The molecule has 7 nitrogen and oxygen atoms in total. The molecule has 1 saturated carbocycles. The van der Waals surface area contributed by atoms with Crippen molar-refractivity contribution in [2.75, 3.05) is 16.8 Å². The fourth-order valence-electron chi connectivity index (χ4n) is 4.99. The van der Waals surface area contributed by atoms with Gasteiger partial charge in [0.25, 0.3) is 5.91 Å². The molecule has 2 aromatic rings. The summed E-state index contributed by atoms with van der Waals surface area (Å²) in [6, 6.07) is 11.2. The predicted octanol–water partition coefficient (Wildman–Crippen LogP) is 3.76. The van der Waals surface area contributed by atoms with E-state index < -0.39 is 18.5 Å². The van der Waals surface area contributed by atoms with Crippen LogP contribution in [-0.4, -0.2) is 30.3 Å². The summed E-state index contributed by atoms with van der Waals surface area (Å²) in [6.07, 6.45) is 4.96. The first-order valence-electron chi connectivity index (χ1n) is 10.7. The number of carbonyl (C=O) groups excluding carboxylic acids is 4. The van der Waals surface area contributed by atoms with Gasteiger partial charge in [0.1, 0.15) is 0 Å². The SMILES string of the molecule is Cc1ccc(NC(=O)COC(=O)c2ccc(N3C(=O)[C@H]4[C@H](C3=O)[C@H]3C=C[C@H]4C3)cc2)cc1Cl. The van der Waals surface area contributed by atoms with E-state index in [0.717, 1.165) is 12.0 Å². The van der Waals surface area contributed by atoms with E-state index in [9.17, 15) is 19.2 Å². The van der Waals surface area contributed by atoms with Crippen LogP contribution in [0.3, 0.4) is 0 Å². The van der Waals surface area contributed by atoms with Crippen LogP contribution in [-0.2, 0) is 19.1 Å². The first-order valence-corrected chi connectivity index (χ1v) is 11.1. The first-order chi connectivity index (χ1) is 15.8. The smallest absolute Gasteiger partial charge is 0.338 e. The summed E-state index contributed by atoms with van der Waals surface area (Å²) in [7, 11) is 0. The molecule has 2 aromatic carbocycles. The van der Waals surface area contributed by atoms with E-state index in [4.69, 9.17) is 16.3 Å². The fraction of sp³-hybridized carbons (Fsp3) is 0.280. The van der Waals surface area contributed by atoms with Gasteiger partial charge in [-0.3, -0.25) is 19.3 Å². The molecule has 0 unspecified atom stereocenters. The number of esters is 1. The predicted molar refractivity (Wildman–Crippen MR) is 122 cm³/mol. The Morgan fingerprint density at radius 2 is 1.67 bits per heavy atom. The van der Waals surface area contributed by atoms with Crippen LogP contribution in [0.25, 0.3) is 0 Å². The molecule has 0 radical (unpaired) electrons. The average Bonchev–Trinajstić information content (AvgIpc) is 3.48. The third-order valence-electron chi connectivity index (χ3n) is 6.62. The van der Waals surface area contributed by atoms with Crippen LogP contribution >= 0.6 is 11.6 Å². The number of imide groups is 1. The summed E-state index contributed by atoms with van der Waals surface area (Å²) >= 11 is 6.04. The number of rotatable bonds is 5. The molecular formula is C25H21ClN2O5. The summed E-state index contributed by atoms with van der Waals surface area (Å²) < 4.78 is 5.08. The molecule has 168 valence electrons. The monoisotopic (exact) mass is 464 g/mol. The Morgan fingerprint density at radius 1 is 1.03 bits per heavy atom. The van der Waals surface area contributed by atoms with Gasteiger partial charge in [0.2, 0.25) is 11.8 Å². The van der Waals surface area contributed by atoms with E-state index in [2.05, 4.69) is 5.32 Å². The quantitative estimate of drug-likeness (QED) is 0.413. The maximum atomic E-state index is 12.9. The van der Waals surface area contributed by atoms with Gasteiger partial charge in [-0.1, -0.05) is 29.8 Å². The summed E-state index contributed by atoms with van der Waals surface area (Å²) in [5.74, 6) is -1.82. The van der Waals surface area contributed by atoms with Gasteiger partial charge in [-0.15, -0.1) is 0 Å². The second-order valence-electron chi connectivity index (χ2n) is 8.65. The van der Waals surface area contributed by atoms with Crippen molar-refractivity contribution in [3.8, 4) is 0 Å². The zero-order valence-corrected chi connectivity index (χ0v) is 18.5. The minimum absolute atomic E-state index is 0.137. The second kappa shape index (κ2) is 8.15. The maximum Gasteiger partial charge on any atom is 0.338 e. The van der Waals surface area contributed by atoms with Crippen LogP contribution in [0, 0.1) is 30.6 Å². The van der Waals surface area contributed by atoms with Gasteiger partial charge >= 0.3 is 5.97 Å². The lowest BCUT2D eigenvalue weighted by atomic mass is 9.85. The fourth-order valence-corrected chi connectivity index (χ4v) is 5.17. The molecular weight excluding hydrogens is 444 g/mol. The molecule has 0 spiro atoms. The van der Waals surface area contributed by atoms with E-state index in [-0.39, 0.29) is 41.0 Å². The summed E-state index contributed by atoms with van der Waals surface area (Å²) in [5.41, 5.74) is 2.04. The van der Waals surface area contributed by atoms with E-state index in [0.29, 0.717) is 16.4 Å². The van der Waals surface area contributed by atoms with Gasteiger partial charge in [0.05, 0.1) is 23.1 Å². The third kappa shape index (κ3) is 3.72. The minimum atomic E-state index is -0.683. The highest BCUT2D eigenvalue weighted by Crippen LogP contribution is 2.53. The van der Waals surface area contributed by atoms with Gasteiger partial charge < -0.3 is 10.1 Å². The van der Waals surface area contributed by atoms with E-state index in [1.807, 2.05) is 19.1 Å². The number of amides is 3. The zero-order chi connectivity index (χ0) is 23.3. The molecule has 3 amide bonds. The van der Waals surface area contributed by atoms with Crippen LogP contribution in [0.15, 0.2) is 54.6 Å². The number of allylic oxidation sites excluding steroid dienone is 2. The molecule has 1 heterocycles. The first kappa shape index (κ1) is 21.4. The number of nitrogens with zero attached hydrogens (tertiary/aromatic N) is 1. The second-order valence-corrected chi connectivity index (χ2v) is 9.05. The van der Waals surface area contributed by atoms with Gasteiger partial charge in [0, 0.05) is 10.7 Å². The van der Waals surface area contributed by atoms with Crippen molar-refractivity contribution in [3.63, 3.8) is 0 Å². The maximum absolute atomic E-state index is 12.9. The number of fused-ring (bicyclic) bond motifs is 5. The van der Waals surface area contributed by atoms with Crippen LogP contribution in [0.2, 0.25) is 5.02 Å². The number of carbonyl (C=O) groups is 4. The van der Waals surface area contributed by atoms with Crippen LogP contribution < -0.4 is 10.2 Å². The Morgan fingerprint density at radius 3 is 2.27 bits per heavy atom. The topological polar surface area (TPSA) is 92.8 Å². The number of halogens is 1. The van der Waals surface area contributed by atoms with E-state index in [1.165, 1.54) is 17.0 Å². The molecule has 8 heteroatoms. The number of nitrogens with one attached hydrogen (secondary N) is 1. The van der Waals surface area contributed by atoms with Crippen molar-refractivity contribution in [1.82, 2.24) is 0 Å². The van der Waals surface area contributed by atoms with Crippen molar-refractivity contribution < 1.29 is 23.9 Å². The van der Waals surface area contributed by atoms with Gasteiger partial charge in [-0.2, -0.15) is 0 Å². The van der Waals surface area contributed by atoms with Gasteiger partial charge in [0.15, 0.2) is 6.61 Å². The average molecular weight is 465 g/mol. The van der Waals surface area contributed by atoms with Gasteiger partial charge in [-0.25, -0.2) is 4.79 Å². The number of aryl methyl sites for hydroxylation is 1. The Kier molecular flexibility index (Phi) is 5.29. The van der Waals surface area contributed by atoms with Crippen LogP contribution in [0.1, 0.15) is 22.3 Å². The van der Waals surface area contributed by atoms with Crippen molar-refractivity contribution in [3.05, 3.63) is 70.8 Å². The largest absolute Gasteiger partial charge is 0.452 e. The minimum Gasteiger partial charge on any atom is -0.452 e. The van der Waals surface area contributed by atoms with Crippen LogP contribution in [0.5, 0.6) is 0 Å². The summed E-state index contributed by atoms with van der Waals surface area (Å²) in [6.45, 7) is 1.39. The molecule has 1 saturated heterocycles. The molecule has 0 aromatic heterocycles. The van der Waals surface area contributed by atoms with E-state index in [1.54, 1.807) is 30.3 Å². The highest BCUT2D eigenvalue weighted by molar-refractivity contribution is 6.31. The number of ether oxygens (including phenoxy) is 1. The number of hydrogen-bond donors (Lipinski definition) is 1. The normalized spacial score (nSPS) is 24.8. The molecule has 4 atom stereocenters. The number of benzene rings is 2. The summed E-state index contributed by atoms with van der Waals surface area (Å²) in [4.78, 5) is 51.5. The third-order valence-corrected chi connectivity index (χ3v) is 7.03. The molecule has 1 aliphatic heterocycles. The molecule has 33 heavy (non-hydrogen) atoms. The lowest BCUT2D eigenvalue weighted by molar-refractivity contribution is -0.123. The van der Waals surface area contributed by atoms with Crippen molar-refractivity contribution in [2.24, 2.45) is 23.7 Å². The summed E-state index contributed by atoms with van der Waals surface area (Å²) in [5, 5.41) is 3.14. The standard InChI is InChI=1S/C25H21ClN2O5/c1-13-2-7-17(11-19(13)26)27-20(29)12-33-25(32)14-5-8-18(9-6-14)28-23(30)21-15-3-4-16(10-15)22(21)24(28)31/h2-9,11,15-16,21-22H,10,12H2,1H3,(H,27,29)/t15-,16-,21+,22+/m0/s1. The molecule has 2 aliphatic carbocycles. The molecule has 2 bridgehead atoms. The van der Waals surface area contributed by atoms with Crippen LogP contribution in [0.4, 0.5) is 11.4 Å². The van der Waals surface area contributed by atoms with Gasteiger partial charge in [-0.05, 0) is 67.1 Å². The van der Waals surface area contributed by atoms with Crippen molar-refractivity contribution in [2.45, 2.75) is 13.3 Å². The molecule has 3 aliphatic rings. The van der Waals surface area contributed by atoms with E-state index >= 15 is 0 Å². The van der Waals surface area contributed by atoms with Crippen molar-refractivity contribution in [1.29, 1.82) is 0 Å². The molecule has 2 fully saturated rings. The highest BCUT2D eigenvalue weighted by Gasteiger charge is 2.59. The lowest BCUT2D eigenvalue weighted by Crippen LogP contribution is -2.32. The van der Waals surface area contributed by atoms with Crippen molar-refractivity contribution >= 4 is 46.7 Å². The molecule has 1 N–H and O–H groups in total. The number of hydrogen-bond acceptors (Lipinski definition) is 5. The zero-order valence-electron chi connectivity index (χ0n) is 17.8. The lowest BCUT2D eigenvalue weighted by Gasteiger charge is -2.17. The highest BCUT2D eigenvalue weighted by atomic mass is 35.5. The Labute approximate surface area is 195 Å². The Hall–Kier alpha value is -3.45. The Balaban J connectivity index is 1.20. The number of anilines is 2. The Bertz CT molecular complexity index is 1180.